The fourth-order valence-electron chi connectivity index (χ4n) is 5.15. The molecule has 13 heteroatoms. The number of carbonyl (C=O) groups is 1. The molecule has 0 aliphatic carbocycles. The first-order valence-corrected chi connectivity index (χ1v) is 13.6. The van der Waals surface area contributed by atoms with Crippen molar-refractivity contribution in [1.29, 1.82) is 0 Å². The van der Waals surface area contributed by atoms with Gasteiger partial charge in [0, 0.05) is 24.4 Å². The highest BCUT2D eigenvalue weighted by atomic mass is 35.5. The molecule has 220 valence electrons. The quantitative estimate of drug-likeness (QED) is 0.245. The fourth-order valence-corrected chi connectivity index (χ4v) is 5.37. The first-order valence-electron chi connectivity index (χ1n) is 13.2. The molecule has 10 nitrogen and oxygen atoms in total. The van der Waals surface area contributed by atoms with E-state index in [9.17, 15) is 18.4 Å². The molecule has 0 bridgehead atoms. The Balaban J connectivity index is 1.30. The summed E-state index contributed by atoms with van der Waals surface area (Å²) in [6, 6.07) is 10.8. The molecule has 1 N–H and O–H groups in total. The summed E-state index contributed by atoms with van der Waals surface area (Å²) in [5.74, 6) is -0.751. The summed E-state index contributed by atoms with van der Waals surface area (Å²) >= 11 is 6.52. The van der Waals surface area contributed by atoms with Gasteiger partial charge in [0.05, 0.1) is 35.8 Å². The number of ether oxygens (including phenoxy) is 3. The van der Waals surface area contributed by atoms with Gasteiger partial charge in [-0.2, -0.15) is 0 Å². The summed E-state index contributed by atoms with van der Waals surface area (Å²) in [6.07, 6.45) is 3.23. The Morgan fingerprint density at radius 3 is 2.53 bits per heavy atom. The number of rotatable bonds is 7. The van der Waals surface area contributed by atoms with Crippen LogP contribution in [-0.4, -0.2) is 39.5 Å². The number of halogens is 3. The molecule has 2 aromatic heterocycles. The molecule has 0 atom stereocenters. The highest BCUT2D eigenvalue weighted by molar-refractivity contribution is 6.32. The van der Waals surface area contributed by atoms with Crippen molar-refractivity contribution >= 4 is 34.1 Å². The van der Waals surface area contributed by atoms with Crippen LogP contribution < -0.4 is 25.1 Å². The molecule has 0 radical (unpaired) electrons. The third-order valence-electron chi connectivity index (χ3n) is 7.15. The van der Waals surface area contributed by atoms with E-state index in [1.807, 2.05) is 0 Å². The van der Waals surface area contributed by atoms with Crippen LogP contribution in [-0.2, 0) is 13.0 Å². The number of benzene rings is 3. The molecule has 1 aliphatic heterocycles. The Bertz CT molecular complexity index is 1960. The Hall–Kier alpha value is -4.97. The van der Waals surface area contributed by atoms with E-state index < -0.39 is 23.1 Å². The predicted molar refractivity (Wildman–Crippen MR) is 155 cm³/mol. The van der Waals surface area contributed by atoms with Gasteiger partial charge in [-0.3, -0.25) is 14.3 Å². The number of aromatic nitrogens is 4. The molecular weight excluding hydrogens is 584 g/mol. The third kappa shape index (κ3) is 5.14. The number of hydrogen-bond acceptors (Lipinski definition) is 7. The van der Waals surface area contributed by atoms with Gasteiger partial charge in [0.2, 0.25) is 5.88 Å². The Morgan fingerprint density at radius 1 is 0.977 bits per heavy atom. The molecule has 1 aliphatic rings. The van der Waals surface area contributed by atoms with Crippen LogP contribution in [0.1, 0.15) is 28.9 Å². The maximum Gasteiger partial charge on any atom is 0.284 e. The fraction of sp³-hybridized carbons (Fsp3) is 0.200. The molecular formula is C30H24ClF2N5O5. The predicted octanol–water partition coefficient (Wildman–Crippen LogP) is 5.91. The van der Waals surface area contributed by atoms with Crippen molar-refractivity contribution in [1.82, 2.24) is 19.3 Å². The Morgan fingerprint density at radius 2 is 1.77 bits per heavy atom. The molecule has 0 saturated carbocycles. The lowest BCUT2D eigenvalue weighted by Gasteiger charge is -2.19. The van der Waals surface area contributed by atoms with E-state index in [1.165, 1.54) is 26.6 Å². The highest BCUT2D eigenvalue weighted by Crippen LogP contribution is 2.38. The average Bonchev–Trinajstić information content (AvgIpc) is 3.30. The zero-order valence-electron chi connectivity index (χ0n) is 23.0. The zero-order valence-corrected chi connectivity index (χ0v) is 23.7. The van der Waals surface area contributed by atoms with Crippen molar-refractivity contribution in [2.75, 3.05) is 19.5 Å². The first kappa shape index (κ1) is 28.2. The van der Waals surface area contributed by atoms with Gasteiger partial charge in [-0.25, -0.2) is 23.4 Å². The second-order valence-electron chi connectivity index (χ2n) is 9.72. The maximum atomic E-state index is 14.7. The molecule has 3 aromatic carbocycles. The molecule has 43 heavy (non-hydrogen) atoms. The standard InChI is InChI=1S/C30H24ClF2N5O5/c1-41-25-13-18-21(14-26(25)42-2)34-15-35-29(18)43-24-9-7-17(12-19(24)31)36-28(39)27-22-5-3-4-10-37(22)38(30(27)40)23-11-16(32)6-8-20(23)33/h6-9,11-15H,3-5,10H2,1-2H3,(H,36,39). The van der Waals surface area contributed by atoms with Crippen LogP contribution in [0.3, 0.4) is 0 Å². The summed E-state index contributed by atoms with van der Waals surface area (Å²) in [5, 5.41) is 3.41. The van der Waals surface area contributed by atoms with E-state index in [0.29, 0.717) is 46.7 Å². The van der Waals surface area contributed by atoms with Crippen molar-refractivity contribution in [2.45, 2.75) is 25.8 Å². The Labute approximate surface area is 248 Å². The normalized spacial score (nSPS) is 12.6. The second kappa shape index (κ2) is 11.4. The van der Waals surface area contributed by atoms with Gasteiger partial charge in [0.25, 0.3) is 11.5 Å². The molecule has 5 aromatic rings. The minimum Gasteiger partial charge on any atom is -0.493 e. The SMILES string of the molecule is COc1cc2ncnc(Oc3ccc(NC(=O)c4c5n(n(-c6cc(F)ccc6F)c4=O)CCCC5)cc3Cl)c2cc1OC. The smallest absolute Gasteiger partial charge is 0.284 e. The van der Waals surface area contributed by atoms with Crippen LogP contribution in [0.15, 0.2) is 59.7 Å². The summed E-state index contributed by atoms with van der Waals surface area (Å²) in [4.78, 5) is 35.4. The first-order chi connectivity index (χ1) is 20.8. The van der Waals surface area contributed by atoms with Gasteiger partial charge in [0.15, 0.2) is 11.5 Å². The molecule has 0 unspecified atom stereocenters. The van der Waals surface area contributed by atoms with Crippen LogP contribution in [0, 0.1) is 11.6 Å². The van der Waals surface area contributed by atoms with Crippen molar-refractivity contribution in [3.8, 4) is 28.8 Å². The van der Waals surface area contributed by atoms with E-state index in [1.54, 1.807) is 28.9 Å². The summed E-state index contributed by atoms with van der Waals surface area (Å²) in [6.45, 7) is 0.377. The second-order valence-corrected chi connectivity index (χ2v) is 10.1. The van der Waals surface area contributed by atoms with Crippen LogP contribution >= 0.6 is 11.6 Å². The van der Waals surface area contributed by atoms with Gasteiger partial charge in [-0.1, -0.05) is 11.6 Å². The summed E-state index contributed by atoms with van der Waals surface area (Å²) < 4.78 is 47.9. The van der Waals surface area contributed by atoms with Gasteiger partial charge in [-0.05, 0) is 55.7 Å². The van der Waals surface area contributed by atoms with Gasteiger partial charge >= 0.3 is 0 Å². The lowest BCUT2D eigenvalue weighted by molar-refractivity contribution is 0.102. The molecule has 0 spiro atoms. The van der Waals surface area contributed by atoms with Gasteiger partial charge in [-0.15, -0.1) is 0 Å². The van der Waals surface area contributed by atoms with E-state index >= 15 is 0 Å². The monoisotopic (exact) mass is 607 g/mol. The number of anilines is 1. The lowest BCUT2D eigenvalue weighted by Crippen LogP contribution is -2.26. The minimum absolute atomic E-state index is 0.142. The number of amides is 1. The molecule has 6 rings (SSSR count). The lowest BCUT2D eigenvalue weighted by atomic mass is 10.1. The summed E-state index contributed by atoms with van der Waals surface area (Å²) in [7, 11) is 3.03. The van der Waals surface area contributed by atoms with E-state index in [-0.39, 0.29) is 27.9 Å². The average molecular weight is 608 g/mol. The maximum absolute atomic E-state index is 14.7. The number of hydrogen-bond donors (Lipinski definition) is 1. The topological polar surface area (TPSA) is 110 Å². The van der Waals surface area contributed by atoms with Gasteiger partial charge < -0.3 is 19.5 Å². The Kier molecular flexibility index (Phi) is 7.45. The molecule has 3 heterocycles. The molecule has 0 fully saturated rings. The summed E-state index contributed by atoms with van der Waals surface area (Å²) in [5.41, 5.74) is 0.155. The van der Waals surface area contributed by atoms with E-state index in [2.05, 4.69) is 15.3 Å². The highest BCUT2D eigenvalue weighted by Gasteiger charge is 2.29. The van der Waals surface area contributed by atoms with Crippen molar-refractivity contribution in [3.63, 3.8) is 0 Å². The van der Waals surface area contributed by atoms with Crippen LogP contribution in [0.4, 0.5) is 14.5 Å². The number of fused-ring (bicyclic) bond motifs is 2. The third-order valence-corrected chi connectivity index (χ3v) is 7.44. The van der Waals surface area contributed by atoms with Crippen LogP contribution in [0.25, 0.3) is 16.6 Å². The number of methoxy groups -OCH3 is 2. The number of nitrogens with one attached hydrogen (secondary N) is 1. The molecule has 0 saturated heterocycles. The minimum atomic E-state index is -0.780. The van der Waals surface area contributed by atoms with E-state index in [4.69, 9.17) is 25.8 Å². The van der Waals surface area contributed by atoms with Crippen LogP contribution in [0.5, 0.6) is 23.1 Å². The van der Waals surface area contributed by atoms with Crippen LogP contribution in [0.2, 0.25) is 5.02 Å². The van der Waals surface area contributed by atoms with Crippen molar-refractivity contribution in [2.24, 2.45) is 0 Å². The molecule has 1 amide bonds. The number of carbonyl (C=O) groups excluding carboxylic acids is 1. The zero-order chi connectivity index (χ0) is 30.2. The number of nitrogens with zero attached hydrogens (tertiary/aromatic N) is 4. The largest absolute Gasteiger partial charge is 0.493 e. The van der Waals surface area contributed by atoms with Crippen molar-refractivity contribution < 1.29 is 27.8 Å². The van der Waals surface area contributed by atoms with Gasteiger partial charge in [0.1, 0.15) is 35.0 Å². The van der Waals surface area contributed by atoms with Crippen molar-refractivity contribution in [3.05, 3.63) is 93.1 Å². The van der Waals surface area contributed by atoms with E-state index in [0.717, 1.165) is 35.7 Å².